The van der Waals surface area contributed by atoms with Crippen LogP contribution in [0.5, 0.6) is 0 Å². The molecule has 4 nitrogen and oxygen atoms in total. The van der Waals surface area contributed by atoms with Crippen LogP contribution in [0.2, 0.25) is 0 Å². The molecule has 0 aliphatic carbocycles. The third kappa shape index (κ3) is 5.05. The summed E-state index contributed by atoms with van der Waals surface area (Å²) in [6.07, 6.45) is 1.04. The molecule has 0 spiro atoms. The van der Waals surface area contributed by atoms with Gasteiger partial charge in [-0.05, 0) is 24.6 Å². The number of hydrogen-bond donors (Lipinski definition) is 0. The van der Waals surface area contributed by atoms with Crippen LogP contribution in [0.3, 0.4) is 0 Å². The Kier molecular flexibility index (Phi) is 5.30. The minimum Gasteiger partial charge on any atom is -0.306 e. The smallest absolute Gasteiger partial charge is 0.0385 e. The zero-order valence-corrected chi connectivity index (χ0v) is 9.00. The Labute approximate surface area is 90.1 Å². The second-order valence-corrected chi connectivity index (χ2v) is 3.49. The predicted molar refractivity (Wildman–Crippen MR) is 61.7 cm³/mol. The molecule has 1 aromatic rings. The largest absolute Gasteiger partial charge is 0.306 e. The maximum Gasteiger partial charge on any atom is 0.0385 e. The van der Waals surface area contributed by atoms with Crippen LogP contribution in [0.4, 0.5) is 0 Å². The van der Waals surface area contributed by atoms with Gasteiger partial charge in [-0.1, -0.05) is 35.4 Å². The molecule has 0 amide bonds. The summed E-state index contributed by atoms with van der Waals surface area (Å²) in [6.45, 7) is 2.35. The van der Waals surface area contributed by atoms with E-state index in [0.29, 0.717) is 6.54 Å². The molecule has 0 saturated carbocycles. The predicted octanol–water partition coefficient (Wildman–Crippen LogP) is 2.47. The van der Waals surface area contributed by atoms with Crippen LogP contribution in [0, 0.1) is 0 Å². The summed E-state index contributed by atoms with van der Waals surface area (Å²) >= 11 is 0. The van der Waals surface area contributed by atoms with Crippen LogP contribution >= 0.6 is 0 Å². The Balaban J connectivity index is 2.22. The van der Waals surface area contributed by atoms with E-state index in [0.717, 1.165) is 19.5 Å². The quantitative estimate of drug-likeness (QED) is 0.399. The third-order valence-electron chi connectivity index (χ3n) is 2.27. The van der Waals surface area contributed by atoms with Crippen LogP contribution in [-0.2, 0) is 6.42 Å². The van der Waals surface area contributed by atoms with Gasteiger partial charge in [-0.3, -0.25) is 0 Å². The lowest BCUT2D eigenvalue weighted by atomic mass is 10.1. The summed E-state index contributed by atoms with van der Waals surface area (Å²) in [6, 6.07) is 10.4. The topological polar surface area (TPSA) is 52.0 Å². The molecular formula is C11H16N4. The van der Waals surface area contributed by atoms with Gasteiger partial charge in [-0.2, -0.15) is 0 Å². The van der Waals surface area contributed by atoms with Gasteiger partial charge in [0.1, 0.15) is 0 Å². The molecule has 80 valence electrons. The number of likely N-dealkylation sites (N-methyl/N-ethyl adjacent to an activating group) is 1. The summed E-state index contributed by atoms with van der Waals surface area (Å²) in [5, 5.41) is 3.51. The van der Waals surface area contributed by atoms with E-state index in [-0.39, 0.29) is 0 Å². The Morgan fingerprint density at radius 3 is 2.67 bits per heavy atom. The van der Waals surface area contributed by atoms with Gasteiger partial charge in [0.25, 0.3) is 0 Å². The lowest BCUT2D eigenvalue weighted by Gasteiger charge is -2.14. The van der Waals surface area contributed by atoms with Crippen LogP contribution in [0.15, 0.2) is 35.4 Å². The summed E-state index contributed by atoms with van der Waals surface area (Å²) < 4.78 is 0. The SMILES string of the molecule is CN(CCN=[N+]=[N-])CCc1ccccc1. The lowest BCUT2D eigenvalue weighted by Crippen LogP contribution is -2.23. The zero-order valence-electron chi connectivity index (χ0n) is 9.00. The summed E-state index contributed by atoms with van der Waals surface area (Å²) in [5.74, 6) is 0. The van der Waals surface area contributed by atoms with E-state index in [9.17, 15) is 0 Å². The summed E-state index contributed by atoms with van der Waals surface area (Å²) in [4.78, 5) is 4.89. The van der Waals surface area contributed by atoms with Gasteiger partial charge < -0.3 is 4.90 Å². The molecule has 0 aliphatic rings. The molecule has 0 atom stereocenters. The van der Waals surface area contributed by atoms with E-state index < -0.39 is 0 Å². The van der Waals surface area contributed by atoms with Crippen molar-refractivity contribution < 1.29 is 0 Å². The second-order valence-electron chi connectivity index (χ2n) is 3.49. The highest BCUT2D eigenvalue weighted by atomic mass is 15.2. The van der Waals surface area contributed by atoms with Crippen molar-refractivity contribution in [1.82, 2.24) is 4.90 Å². The molecule has 0 aliphatic heterocycles. The molecule has 1 rings (SSSR count). The molecule has 1 aromatic carbocycles. The lowest BCUT2D eigenvalue weighted by molar-refractivity contribution is 0.348. The first kappa shape index (κ1) is 11.6. The number of rotatable bonds is 6. The minimum atomic E-state index is 0.543. The first-order valence-corrected chi connectivity index (χ1v) is 5.06. The highest BCUT2D eigenvalue weighted by Crippen LogP contribution is 2.00. The number of azide groups is 1. The van der Waals surface area contributed by atoms with E-state index in [2.05, 4.69) is 39.2 Å². The van der Waals surface area contributed by atoms with Crippen molar-refractivity contribution in [2.45, 2.75) is 6.42 Å². The molecule has 0 N–H and O–H groups in total. The van der Waals surface area contributed by atoms with Gasteiger partial charge in [-0.25, -0.2) is 0 Å². The maximum absolute atomic E-state index is 8.13. The molecule has 0 aromatic heterocycles. The van der Waals surface area contributed by atoms with E-state index >= 15 is 0 Å². The Hall–Kier alpha value is -1.51. The number of hydrogen-bond acceptors (Lipinski definition) is 2. The van der Waals surface area contributed by atoms with Crippen molar-refractivity contribution in [2.75, 3.05) is 26.7 Å². The fraction of sp³-hybridized carbons (Fsp3) is 0.455. The van der Waals surface area contributed by atoms with Crippen molar-refractivity contribution in [3.63, 3.8) is 0 Å². The average molecular weight is 204 g/mol. The van der Waals surface area contributed by atoms with Crippen molar-refractivity contribution in [2.24, 2.45) is 5.11 Å². The van der Waals surface area contributed by atoms with E-state index in [1.54, 1.807) is 0 Å². The summed E-state index contributed by atoms with van der Waals surface area (Å²) in [7, 11) is 2.04. The molecule has 0 bridgehead atoms. The Morgan fingerprint density at radius 1 is 1.27 bits per heavy atom. The van der Waals surface area contributed by atoms with Crippen LogP contribution in [-0.4, -0.2) is 31.6 Å². The van der Waals surface area contributed by atoms with Crippen molar-refractivity contribution >= 4 is 0 Å². The number of benzene rings is 1. The zero-order chi connectivity index (χ0) is 10.9. The maximum atomic E-state index is 8.13. The monoisotopic (exact) mass is 204 g/mol. The molecule has 0 fully saturated rings. The van der Waals surface area contributed by atoms with Crippen LogP contribution in [0.25, 0.3) is 10.4 Å². The van der Waals surface area contributed by atoms with Crippen LogP contribution in [0.1, 0.15) is 5.56 Å². The highest BCUT2D eigenvalue weighted by molar-refractivity contribution is 5.14. The van der Waals surface area contributed by atoms with E-state index in [1.807, 2.05) is 13.1 Å². The average Bonchev–Trinajstić information content (AvgIpc) is 2.28. The molecule has 0 radical (unpaired) electrons. The minimum absolute atomic E-state index is 0.543. The first-order valence-electron chi connectivity index (χ1n) is 5.06. The van der Waals surface area contributed by atoms with Crippen molar-refractivity contribution in [3.8, 4) is 0 Å². The standard InChI is InChI=1S/C11H16N4/c1-15(10-8-13-14-12)9-7-11-5-3-2-4-6-11/h2-6H,7-10H2,1H3. The molecule has 0 unspecified atom stereocenters. The first-order chi connectivity index (χ1) is 7.33. The molecule has 0 saturated heterocycles. The van der Waals surface area contributed by atoms with Gasteiger partial charge in [0.15, 0.2) is 0 Å². The van der Waals surface area contributed by atoms with E-state index in [1.165, 1.54) is 5.56 Å². The van der Waals surface area contributed by atoms with Gasteiger partial charge in [0.2, 0.25) is 0 Å². The van der Waals surface area contributed by atoms with Gasteiger partial charge in [0, 0.05) is 24.5 Å². The van der Waals surface area contributed by atoms with Gasteiger partial charge >= 0.3 is 0 Å². The highest BCUT2D eigenvalue weighted by Gasteiger charge is 1.97. The van der Waals surface area contributed by atoms with E-state index in [4.69, 9.17) is 5.53 Å². The van der Waals surface area contributed by atoms with Crippen LogP contribution < -0.4 is 0 Å². The van der Waals surface area contributed by atoms with Crippen molar-refractivity contribution in [1.29, 1.82) is 0 Å². The fourth-order valence-electron chi connectivity index (χ4n) is 1.34. The Morgan fingerprint density at radius 2 is 2.00 bits per heavy atom. The third-order valence-corrected chi connectivity index (χ3v) is 2.27. The fourth-order valence-corrected chi connectivity index (χ4v) is 1.34. The number of nitrogens with zero attached hydrogens (tertiary/aromatic N) is 4. The molecule has 4 heteroatoms. The normalized spacial score (nSPS) is 10.0. The molecular weight excluding hydrogens is 188 g/mol. The Bertz CT molecular complexity index is 317. The van der Waals surface area contributed by atoms with Gasteiger partial charge in [-0.15, -0.1) is 0 Å². The molecule has 0 heterocycles. The summed E-state index contributed by atoms with van der Waals surface area (Å²) in [5.41, 5.74) is 9.47. The second kappa shape index (κ2) is 6.87. The van der Waals surface area contributed by atoms with Crippen molar-refractivity contribution in [3.05, 3.63) is 46.3 Å². The van der Waals surface area contributed by atoms with Gasteiger partial charge in [0.05, 0.1) is 0 Å². The molecule has 15 heavy (non-hydrogen) atoms.